The van der Waals surface area contributed by atoms with E-state index < -0.39 is 0 Å². The Balaban J connectivity index is 1.36. The Kier molecular flexibility index (Phi) is 5.50. The minimum absolute atomic E-state index is 0.124. The molecule has 1 N–H and O–H groups in total. The molecule has 1 amide bonds. The van der Waals surface area contributed by atoms with Crippen molar-refractivity contribution in [2.75, 3.05) is 5.32 Å². The van der Waals surface area contributed by atoms with Crippen LogP contribution in [0.2, 0.25) is 0 Å². The first-order chi connectivity index (χ1) is 13.7. The van der Waals surface area contributed by atoms with Gasteiger partial charge in [-0.05, 0) is 17.7 Å². The van der Waals surface area contributed by atoms with Crippen LogP contribution in [0.1, 0.15) is 16.3 Å². The third kappa shape index (κ3) is 4.65. The number of carbonyl (C=O) groups is 1. The summed E-state index contributed by atoms with van der Waals surface area (Å²) in [5.74, 6) is -0.520. The van der Waals surface area contributed by atoms with Crippen LogP contribution >= 0.6 is 22.7 Å². The SMILES string of the molecule is O=C(Cc1csc(-c2cccc(F)c2)n1)Nc1nnc(Cc2ccccc2)s1. The minimum Gasteiger partial charge on any atom is -0.300 e. The lowest BCUT2D eigenvalue weighted by molar-refractivity contribution is -0.115. The molecule has 5 nitrogen and oxygen atoms in total. The second-order valence-electron chi connectivity index (χ2n) is 6.04. The Morgan fingerprint density at radius 1 is 1.07 bits per heavy atom. The van der Waals surface area contributed by atoms with Crippen LogP contribution in [0.4, 0.5) is 9.52 Å². The summed E-state index contributed by atoms with van der Waals surface area (Å²) in [6.45, 7) is 0. The van der Waals surface area contributed by atoms with Crippen LogP contribution in [0.3, 0.4) is 0 Å². The van der Waals surface area contributed by atoms with Gasteiger partial charge in [-0.2, -0.15) is 0 Å². The number of halogens is 1. The van der Waals surface area contributed by atoms with Gasteiger partial charge in [0.15, 0.2) is 0 Å². The molecule has 4 rings (SSSR count). The topological polar surface area (TPSA) is 67.8 Å². The van der Waals surface area contributed by atoms with Crippen LogP contribution in [0, 0.1) is 5.82 Å². The Bertz CT molecular complexity index is 1090. The van der Waals surface area contributed by atoms with E-state index in [-0.39, 0.29) is 18.1 Å². The molecule has 0 aliphatic rings. The maximum Gasteiger partial charge on any atom is 0.232 e. The maximum atomic E-state index is 13.4. The minimum atomic E-state index is -0.311. The van der Waals surface area contributed by atoms with Gasteiger partial charge in [0.05, 0.1) is 12.1 Å². The van der Waals surface area contributed by atoms with Crippen molar-refractivity contribution in [3.63, 3.8) is 0 Å². The Morgan fingerprint density at radius 3 is 2.75 bits per heavy atom. The molecule has 0 saturated heterocycles. The first-order valence-electron chi connectivity index (χ1n) is 8.52. The van der Waals surface area contributed by atoms with E-state index in [1.54, 1.807) is 17.5 Å². The molecule has 0 unspecified atom stereocenters. The van der Waals surface area contributed by atoms with Crippen molar-refractivity contribution < 1.29 is 9.18 Å². The smallest absolute Gasteiger partial charge is 0.232 e. The highest BCUT2D eigenvalue weighted by Gasteiger charge is 2.12. The molecule has 0 spiro atoms. The monoisotopic (exact) mass is 410 g/mol. The quantitative estimate of drug-likeness (QED) is 0.505. The summed E-state index contributed by atoms with van der Waals surface area (Å²) >= 11 is 2.74. The average molecular weight is 410 g/mol. The fourth-order valence-corrected chi connectivity index (χ4v) is 4.22. The summed E-state index contributed by atoms with van der Waals surface area (Å²) in [6.07, 6.45) is 0.802. The van der Waals surface area contributed by atoms with E-state index in [1.165, 1.54) is 34.8 Å². The highest BCUT2D eigenvalue weighted by Crippen LogP contribution is 2.25. The third-order valence-electron chi connectivity index (χ3n) is 3.88. The number of nitrogens with one attached hydrogen (secondary N) is 1. The highest BCUT2D eigenvalue weighted by molar-refractivity contribution is 7.15. The van der Waals surface area contributed by atoms with E-state index in [4.69, 9.17) is 0 Å². The first kappa shape index (κ1) is 18.4. The van der Waals surface area contributed by atoms with Gasteiger partial charge in [0.2, 0.25) is 11.0 Å². The van der Waals surface area contributed by atoms with Crippen molar-refractivity contribution in [3.8, 4) is 10.6 Å². The summed E-state index contributed by atoms with van der Waals surface area (Å²) in [4.78, 5) is 16.7. The second kappa shape index (κ2) is 8.37. The van der Waals surface area contributed by atoms with Gasteiger partial charge in [-0.3, -0.25) is 4.79 Å². The molecule has 0 aliphatic heterocycles. The molecule has 0 aliphatic carbocycles. The molecule has 0 bridgehead atoms. The summed E-state index contributed by atoms with van der Waals surface area (Å²) in [6, 6.07) is 16.2. The van der Waals surface area contributed by atoms with E-state index in [0.717, 1.165) is 10.6 Å². The Morgan fingerprint density at radius 2 is 1.93 bits per heavy atom. The molecule has 2 aromatic carbocycles. The molecule has 0 radical (unpaired) electrons. The largest absolute Gasteiger partial charge is 0.300 e. The van der Waals surface area contributed by atoms with Gasteiger partial charge in [-0.25, -0.2) is 9.37 Å². The van der Waals surface area contributed by atoms with Crippen molar-refractivity contribution in [1.29, 1.82) is 0 Å². The van der Waals surface area contributed by atoms with E-state index in [1.807, 2.05) is 30.3 Å². The molecule has 4 aromatic rings. The van der Waals surface area contributed by atoms with Gasteiger partial charge in [0.25, 0.3) is 0 Å². The highest BCUT2D eigenvalue weighted by atomic mass is 32.1. The van der Waals surface area contributed by atoms with Crippen LogP contribution in [-0.2, 0) is 17.6 Å². The number of rotatable bonds is 6. The summed E-state index contributed by atoms with van der Waals surface area (Å²) in [7, 11) is 0. The van der Waals surface area contributed by atoms with Gasteiger partial charge in [0, 0.05) is 17.4 Å². The molecule has 2 aromatic heterocycles. The molecule has 8 heteroatoms. The lowest BCUT2D eigenvalue weighted by Gasteiger charge is -1.99. The molecule has 2 heterocycles. The first-order valence-corrected chi connectivity index (χ1v) is 10.2. The van der Waals surface area contributed by atoms with Crippen LogP contribution < -0.4 is 5.32 Å². The zero-order valence-corrected chi connectivity index (χ0v) is 16.3. The number of aromatic nitrogens is 3. The zero-order chi connectivity index (χ0) is 19.3. The summed E-state index contributed by atoms with van der Waals surface area (Å²) < 4.78 is 13.4. The van der Waals surface area contributed by atoms with Crippen molar-refractivity contribution >= 4 is 33.7 Å². The lowest BCUT2D eigenvalue weighted by atomic mass is 10.2. The van der Waals surface area contributed by atoms with Gasteiger partial charge < -0.3 is 5.32 Å². The predicted molar refractivity (Wildman–Crippen MR) is 109 cm³/mol. The van der Waals surface area contributed by atoms with Crippen molar-refractivity contribution in [2.24, 2.45) is 0 Å². The summed E-state index contributed by atoms with van der Waals surface area (Å²) in [5.41, 5.74) is 2.48. The standard InChI is InChI=1S/C20H15FN4OS2/c21-15-8-4-7-14(10-15)19-22-16(12-27-19)11-17(26)23-20-25-24-18(28-20)9-13-5-2-1-3-6-13/h1-8,10,12H,9,11H2,(H,23,25,26). The maximum absolute atomic E-state index is 13.4. The normalized spacial score (nSPS) is 10.8. The number of amides is 1. The van der Waals surface area contributed by atoms with Gasteiger partial charge in [-0.15, -0.1) is 21.5 Å². The fraction of sp³-hybridized carbons (Fsp3) is 0.100. The lowest BCUT2D eigenvalue weighted by Crippen LogP contribution is -2.14. The zero-order valence-electron chi connectivity index (χ0n) is 14.6. The number of nitrogens with zero attached hydrogens (tertiary/aromatic N) is 3. The van der Waals surface area contributed by atoms with E-state index in [2.05, 4.69) is 20.5 Å². The molecule has 140 valence electrons. The molecule has 0 fully saturated rings. The molecular formula is C20H15FN4OS2. The number of carbonyl (C=O) groups excluding carboxylic acids is 1. The molecule has 28 heavy (non-hydrogen) atoms. The summed E-state index contributed by atoms with van der Waals surface area (Å²) in [5, 5.41) is 14.7. The van der Waals surface area contributed by atoms with Crippen LogP contribution in [0.5, 0.6) is 0 Å². The Labute approximate surface area is 168 Å². The number of benzene rings is 2. The van der Waals surface area contributed by atoms with Crippen molar-refractivity contribution in [1.82, 2.24) is 15.2 Å². The predicted octanol–water partition coefficient (Wildman–Crippen LogP) is 4.57. The van der Waals surface area contributed by atoms with Crippen LogP contribution in [0.15, 0.2) is 60.0 Å². The average Bonchev–Trinajstić information content (AvgIpc) is 3.32. The van der Waals surface area contributed by atoms with Crippen LogP contribution in [-0.4, -0.2) is 21.1 Å². The number of hydrogen-bond acceptors (Lipinski definition) is 6. The van der Waals surface area contributed by atoms with Gasteiger partial charge >= 0.3 is 0 Å². The van der Waals surface area contributed by atoms with E-state index in [9.17, 15) is 9.18 Å². The molecule has 0 atom stereocenters. The Hall–Kier alpha value is -2.97. The fourth-order valence-electron chi connectivity index (χ4n) is 2.62. The molecule has 0 saturated carbocycles. The van der Waals surface area contributed by atoms with E-state index >= 15 is 0 Å². The van der Waals surface area contributed by atoms with Crippen LogP contribution in [0.25, 0.3) is 10.6 Å². The second-order valence-corrected chi connectivity index (χ2v) is 7.96. The number of hydrogen-bond donors (Lipinski definition) is 1. The molecular weight excluding hydrogens is 395 g/mol. The van der Waals surface area contributed by atoms with Gasteiger partial charge in [-0.1, -0.05) is 53.8 Å². The van der Waals surface area contributed by atoms with Crippen molar-refractivity contribution in [3.05, 3.63) is 82.1 Å². The number of anilines is 1. The van der Waals surface area contributed by atoms with E-state index in [0.29, 0.717) is 27.8 Å². The van der Waals surface area contributed by atoms with Crippen molar-refractivity contribution in [2.45, 2.75) is 12.8 Å². The third-order valence-corrected chi connectivity index (χ3v) is 5.66. The number of thiazole rings is 1. The van der Waals surface area contributed by atoms with Gasteiger partial charge in [0.1, 0.15) is 15.8 Å².